The van der Waals surface area contributed by atoms with Crippen molar-refractivity contribution >= 4 is 11.9 Å². The van der Waals surface area contributed by atoms with Crippen LogP contribution in [-0.4, -0.2) is 23.1 Å². The van der Waals surface area contributed by atoms with Crippen LogP contribution in [0.15, 0.2) is 35.4 Å². The number of carboxylic acid groups (broad SMARTS) is 1. The maximum absolute atomic E-state index is 10.9. The number of carbonyl (C=O) groups is 1. The first-order valence-electron chi connectivity index (χ1n) is 4.70. The molecule has 6 heteroatoms. The van der Waals surface area contributed by atoms with Crippen LogP contribution in [0.5, 0.6) is 0 Å². The van der Waals surface area contributed by atoms with Crippen molar-refractivity contribution in [1.29, 1.82) is 0 Å². The summed E-state index contributed by atoms with van der Waals surface area (Å²) in [6.45, 7) is 0. The second kappa shape index (κ2) is 5.59. The Morgan fingerprint density at radius 1 is 1.44 bits per heavy atom. The van der Waals surface area contributed by atoms with Gasteiger partial charge >= 0.3 is 5.97 Å². The minimum absolute atomic E-state index is 0.0941. The first-order chi connectivity index (χ1) is 7.63. The zero-order valence-corrected chi connectivity index (χ0v) is 8.63. The van der Waals surface area contributed by atoms with E-state index in [-0.39, 0.29) is 5.96 Å². The number of aliphatic carboxylic acids is 1. The minimum Gasteiger partial charge on any atom is -0.480 e. The lowest BCUT2D eigenvalue weighted by Gasteiger charge is -2.14. The molecule has 1 unspecified atom stereocenters. The number of hydrogen-bond acceptors (Lipinski definition) is 3. The number of nitrogens with two attached hydrogens (primary N) is 2. The Kier molecular flexibility index (Phi) is 4.14. The zero-order valence-electron chi connectivity index (χ0n) is 8.63. The molecule has 0 amide bonds. The van der Waals surface area contributed by atoms with Crippen molar-refractivity contribution in [3.05, 3.63) is 35.9 Å². The molecule has 1 aromatic carbocycles. The molecule has 0 bridgehead atoms. The molecule has 6 nitrogen and oxygen atoms in total. The van der Waals surface area contributed by atoms with Gasteiger partial charge in [0.1, 0.15) is 6.04 Å². The van der Waals surface area contributed by atoms with E-state index in [1.165, 1.54) is 0 Å². The molecule has 0 fully saturated rings. The Balaban J connectivity index is 2.69. The van der Waals surface area contributed by atoms with Crippen molar-refractivity contribution in [2.75, 3.05) is 0 Å². The summed E-state index contributed by atoms with van der Waals surface area (Å²) >= 11 is 0. The molecule has 0 aliphatic heterocycles. The van der Waals surface area contributed by atoms with Gasteiger partial charge in [0.2, 0.25) is 5.96 Å². The molecule has 0 radical (unpaired) electrons. The number of guanidine groups is 1. The maximum atomic E-state index is 10.9. The van der Waals surface area contributed by atoms with Crippen LogP contribution in [-0.2, 0) is 11.2 Å². The second-order valence-electron chi connectivity index (χ2n) is 3.24. The molecule has 0 aliphatic carbocycles. The number of benzene rings is 1. The van der Waals surface area contributed by atoms with Crippen LogP contribution in [0, 0.1) is 0 Å². The highest BCUT2D eigenvalue weighted by Crippen LogP contribution is 2.03. The van der Waals surface area contributed by atoms with E-state index in [0.717, 1.165) is 5.56 Å². The third kappa shape index (κ3) is 3.49. The molecule has 0 aliphatic rings. The van der Waals surface area contributed by atoms with Crippen molar-refractivity contribution in [1.82, 2.24) is 5.32 Å². The van der Waals surface area contributed by atoms with Crippen LogP contribution in [0.4, 0.5) is 0 Å². The zero-order chi connectivity index (χ0) is 12.0. The Morgan fingerprint density at radius 2 is 2.06 bits per heavy atom. The van der Waals surface area contributed by atoms with Crippen molar-refractivity contribution in [3.8, 4) is 0 Å². The number of nitrogens with zero attached hydrogens (tertiary/aromatic N) is 1. The van der Waals surface area contributed by atoms with Crippen LogP contribution < -0.4 is 16.9 Å². The predicted octanol–water partition coefficient (Wildman–Crippen LogP) is -0.540. The summed E-state index contributed by atoms with van der Waals surface area (Å²) in [6.07, 6.45) is 0.312. The van der Waals surface area contributed by atoms with Gasteiger partial charge in [-0.2, -0.15) is 0 Å². The van der Waals surface area contributed by atoms with Gasteiger partial charge in [0.05, 0.1) is 0 Å². The summed E-state index contributed by atoms with van der Waals surface area (Å²) in [4.78, 5) is 10.9. The molecule has 0 saturated heterocycles. The highest BCUT2D eigenvalue weighted by Gasteiger charge is 2.18. The van der Waals surface area contributed by atoms with Crippen LogP contribution >= 0.6 is 0 Å². The van der Waals surface area contributed by atoms with Gasteiger partial charge in [0.15, 0.2) is 0 Å². The molecule has 86 valence electrons. The number of hydrazone groups is 1. The van der Waals surface area contributed by atoms with E-state index in [2.05, 4.69) is 10.4 Å². The lowest BCUT2D eigenvalue weighted by atomic mass is 10.1. The van der Waals surface area contributed by atoms with Crippen molar-refractivity contribution in [2.45, 2.75) is 12.5 Å². The average Bonchev–Trinajstić information content (AvgIpc) is 2.29. The van der Waals surface area contributed by atoms with Crippen molar-refractivity contribution < 1.29 is 9.90 Å². The monoisotopic (exact) mass is 222 g/mol. The van der Waals surface area contributed by atoms with Gasteiger partial charge in [-0.3, -0.25) is 0 Å². The van der Waals surface area contributed by atoms with Crippen molar-refractivity contribution in [3.63, 3.8) is 0 Å². The fourth-order valence-electron chi connectivity index (χ4n) is 1.27. The summed E-state index contributed by atoms with van der Waals surface area (Å²) in [7, 11) is 0. The van der Waals surface area contributed by atoms with Gasteiger partial charge < -0.3 is 22.0 Å². The molecule has 1 atom stereocenters. The molecule has 6 N–H and O–H groups in total. The molecule has 16 heavy (non-hydrogen) atoms. The molecule has 0 spiro atoms. The minimum atomic E-state index is -1.00. The number of rotatable bonds is 4. The molecule has 0 saturated carbocycles. The second-order valence-corrected chi connectivity index (χ2v) is 3.24. The lowest BCUT2D eigenvalue weighted by molar-refractivity contribution is -0.139. The average molecular weight is 222 g/mol. The fraction of sp³-hybridized carbons (Fsp3) is 0.200. The highest BCUT2D eigenvalue weighted by atomic mass is 16.4. The fourth-order valence-corrected chi connectivity index (χ4v) is 1.27. The van der Waals surface area contributed by atoms with Gasteiger partial charge in [0.25, 0.3) is 0 Å². The predicted molar refractivity (Wildman–Crippen MR) is 60.5 cm³/mol. The van der Waals surface area contributed by atoms with Gasteiger partial charge in [-0.05, 0) is 5.56 Å². The molecular weight excluding hydrogens is 208 g/mol. The molecule has 1 aromatic rings. The highest BCUT2D eigenvalue weighted by molar-refractivity contribution is 5.84. The summed E-state index contributed by atoms with van der Waals surface area (Å²) < 4.78 is 0. The molecule has 0 heterocycles. The Bertz CT molecular complexity index is 378. The normalized spacial score (nSPS) is 13.1. The first-order valence-corrected chi connectivity index (χ1v) is 4.70. The lowest BCUT2D eigenvalue weighted by Crippen LogP contribution is -2.46. The van der Waals surface area contributed by atoms with Crippen LogP contribution in [0.3, 0.4) is 0 Å². The van der Waals surface area contributed by atoms with E-state index < -0.39 is 12.0 Å². The van der Waals surface area contributed by atoms with Crippen LogP contribution in [0.2, 0.25) is 0 Å². The Hall–Kier alpha value is -2.24. The topological polar surface area (TPSA) is 114 Å². The van der Waals surface area contributed by atoms with Crippen LogP contribution in [0.25, 0.3) is 0 Å². The quantitative estimate of drug-likeness (QED) is 0.236. The van der Waals surface area contributed by atoms with E-state index in [1.54, 1.807) is 0 Å². The van der Waals surface area contributed by atoms with Gasteiger partial charge in [-0.15, -0.1) is 5.10 Å². The Morgan fingerprint density at radius 3 is 2.56 bits per heavy atom. The third-order valence-electron chi connectivity index (χ3n) is 2.04. The van der Waals surface area contributed by atoms with Gasteiger partial charge in [-0.25, -0.2) is 4.79 Å². The van der Waals surface area contributed by atoms with E-state index in [9.17, 15) is 4.79 Å². The van der Waals surface area contributed by atoms with Gasteiger partial charge in [0, 0.05) is 6.42 Å². The summed E-state index contributed by atoms with van der Waals surface area (Å²) in [5.74, 6) is 3.82. The van der Waals surface area contributed by atoms with E-state index in [4.69, 9.17) is 16.7 Å². The summed E-state index contributed by atoms with van der Waals surface area (Å²) in [5.41, 5.74) is 6.21. The Labute approximate surface area is 92.9 Å². The maximum Gasteiger partial charge on any atom is 0.326 e. The number of hydrogen-bond donors (Lipinski definition) is 4. The molecule has 1 rings (SSSR count). The smallest absolute Gasteiger partial charge is 0.326 e. The SMILES string of the molecule is NN=C(N)NC(Cc1ccccc1)C(=O)O. The van der Waals surface area contributed by atoms with Crippen LogP contribution in [0.1, 0.15) is 5.56 Å². The summed E-state index contributed by atoms with van der Waals surface area (Å²) in [6, 6.07) is 8.39. The van der Waals surface area contributed by atoms with Crippen molar-refractivity contribution in [2.24, 2.45) is 16.7 Å². The first kappa shape index (κ1) is 11.8. The standard InChI is InChI=1S/C10H14N4O2/c11-10(14-12)13-8(9(15)16)6-7-4-2-1-3-5-7/h1-5,8H,6,12H2,(H,15,16)(H3,11,13,14). The van der Waals surface area contributed by atoms with E-state index in [0.29, 0.717) is 6.42 Å². The number of carboxylic acids is 1. The van der Waals surface area contributed by atoms with E-state index in [1.807, 2.05) is 30.3 Å². The van der Waals surface area contributed by atoms with Gasteiger partial charge in [-0.1, -0.05) is 30.3 Å². The number of nitrogens with one attached hydrogen (secondary N) is 1. The molecule has 0 aromatic heterocycles. The summed E-state index contributed by atoms with van der Waals surface area (Å²) in [5, 5.41) is 14.7. The largest absolute Gasteiger partial charge is 0.480 e. The third-order valence-corrected chi connectivity index (χ3v) is 2.04. The molecular formula is C10H14N4O2. The van der Waals surface area contributed by atoms with E-state index >= 15 is 0 Å².